The third kappa shape index (κ3) is 2.72. The maximum Gasteiger partial charge on any atom is 0.0810 e. The van der Waals surface area contributed by atoms with Crippen LogP contribution >= 0.6 is 11.3 Å². The van der Waals surface area contributed by atoms with Crippen molar-refractivity contribution in [2.24, 2.45) is 34.5 Å². The van der Waals surface area contributed by atoms with Crippen LogP contribution in [-0.4, -0.2) is 22.4 Å². The lowest BCUT2D eigenvalue weighted by Crippen LogP contribution is -2.54. The number of hydrogen-bond acceptors (Lipinski definition) is 3. The summed E-state index contributed by atoms with van der Waals surface area (Å²) < 4.78 is 0. The maximum absolute atomic E-state index is 11.3. The molecule has 5 rings (SSSR count). The van der Waals surface area contributed by atoms with Crippen molar-refractivity contribution < 1.29 is 10.2 Å². The molecule has 27 heavy (non-hydrogen) atoms. The van der Waals surface area contributed by atoms with E-state index in [0.717, 1.165) is 37.5 Å². The van der Waals surface area contributed by atoms with E-state index in [1.165, 1.54) is 36.1 Å². The highest BCUT2D eigenvalue weighted by Crippen LogP contribution is 2.67. The fourth-order valence-corrected chi connectivity index (χ4v) is 8.48. The normalized spacial score (nSPS) is 50.9. The van der Waals surface area contributed by atoms with E-state index in [0.29, 0.717) is 17.3 Å². The van der Waals surface area contributed by atoms with Crippen molar-refractivity contribution in [2.75, 3.05) is 0 Å². The molecule has 1 aromatic rings. The van der Waals surface area contributed by atoms with E-state index in [4.69, 9.17) is 0 Å². The molecule has 0 aromatic carbocycles. The topological polar surface area (TPSA) is 40.5 Å². The molecule has 6 unspecified atom stereocenters. The van der Waals surface area contributed by atoms with E-state index < -0.39 is 0 Å². The van der Waals surface area contributed by atoms with Gasteiger partial charge in [-0.3, -0.25) is 0 Å². The van der Waals surface area contributed by atoms with Gasteiger partial charge >= 0.3 is 0 Å². The molecule has 0 saturated heterocycles. The third-order valence-corrected chi connectivity index (χ3v) is 10.2. The molecule has 4 saturated carbocycles. The standard InChI is InChI=1S/C24H34O2S/c1-23-9-7-17(25)14-16(23)5-6-19-20(23)8-10-24(2)21(19)13-15(22(24)26)12-18-4-3-11-27-18/h3-4,11-12,16-17,19-22,25-26H,5-10,13-14H2,1-2H3/b15-12+/t16?,17?,19?,20?,21?,22?,23-,24-/m1/s1. The van der Waals surface area contributed by atoms with Gasteiger partial charge in [-0.15, -0.1) is 11.3 Å². The predicted molar refractivity (Wildman–Crippen MR) is 111 cm³/mol. The molecule has 0 spiro atoms. The Bertz CT molecular complexity index is 725. The Morgan fingerprint density at radius 2 is 1.85 bits per heavy atom. The van der Waals surface area contributed by atoms with E-state index in [-0.39, 0.29) is 17.6 Å². The van der Waals surface area contributed by atoms with Crippen LogP contribution in [0.2, 0.25) is 0 Å². The summed E-state index contributed by atoms with van der Waals surface area (Å²) in [6.07, 6.45) is 11.2. The van der Waals surface area contributed by atoms with Gasteiger partial charge in [-0.05, 0) is 104 Å². The third-order valence-electron chi connectivity index (χ3n) is 9.38. The van der Waals surface area contributed by atoms with Crippen molar-refractivity contribution >= 4 is 17.4 Å². The second-order valence-electron chi connectivity index (χ2n) is 10.5. The molecule has 8 atom stereocenters. The molecule has 0 amide bonds. The Morgan fingerprint density at radius 1 is 1.04 bits per heavy atom. The fraction of sp³-hybridized carbons (Fsp3) is 0.750. The predicted octanol–water partition coefficient (Wildman–Crippen LogP) is 5.51. The summed E-state index contributed by atoms with van der Waals surface area (Å²) in [4.78, 5) is 1.28. The minimum atomic E-state index is -0.274. The van der Waals surface area contributed by atoms with Gasteiger partial charge in [0.15, 0.2) is 0 Å². The quantitative estimate of drug-likeness (QED) is 0.668. The second-order valence-corrected chi connectivity index (χ2v) is 11.5. The highest BCUT2D eigenvalue weighted by molar-refractivity contribution is 7.10. The molecule has 4 fully saturated rings. The summed E-state index contributed by atoms with van der Waals surface area (Å²) in [5, 5.41) is 23.6. The zero-order chi connectivity index (χ0) is 18.8. The van der Waals surface area contributed by atoms with Crippen LogP contribution in [0, 0.1) is 34.5 Å². The first-order chi connectivity index (χ1) is 12.9. The van der Waals surface area contributed by atoms with Crippen LogP contribution in [0.25, 0.3) is 6.08 Å². The van der Waals surface area contributed by atoms with Gasteiger partial charge in [0.1, 0.15) is 0 Å². The average Bonchev–Trinajstić information content (AvgIpc) is 3.24. The SMILES string of the molecule is C[C@@]12CCC3C(CCC4CC(O)CC[C@]43C)C1C/C(=C\c1cccs1)C2O. The number of aliphatic hydroxyl groups is 2. The zero-order valence-electron chi connectivity index (χ0n) is 16.7. The fourth-order valence-electron chi connectivity index (χ4n) is 7.79. The van der Waals surface area contributed by atoms with Crippen LogP contribution in [0.4, 0.5) is 0 Å². The first-order valence-corrected chi connectivity index (χ1v) is 11.9. The monoisotopic (exact) mass is 386 g/mol. The molecule has 1 aromatic heterocycles. The van der Waals surface area contributed by atoms with E-state index in [9.17, 15) is 10.2 Å². The zero-order valence-corrected chi connectivity index (χ0v) is 17.5. The molecular formula is C24H34O2S. The van der Waals surface area contributed by atoms with Gasteiger partial charge in [-0.25, -0.2) is 0 Å². The van der Waals surface area contributed by atoms with Crippen molar-refractivity contribution in [2.45, 2.75) is 77.4 Å². The van der Waals surface area contributed by atoms with Crippen LogP contribution in [0.3, 0.4) is 0 Å². The second kappa shape index (κ2) is 6.43. The first-order valence-electron chi connectivity index (χ1n) is 11.0. The number of fused-ring (bicyclic) bond motifs is 5. The molecule has 2 nitrogen and oxygen atoms in total. The summed E-state index contributed by atoms with van der Waals surface area (Å²) in [5.74, 6) is 2.88. The largest absolute Gasteiger partial charge is 0.393 e. The van der Waals surface area contributed by atoms with E-state index in [1.807, 2.05) is 0 Å². The number of thiophene rings is 1. The summed E-state index contributed by atoms with van der Waals surface area (Å²) in [7, 11) is 0. The highest BCUT2D eigenvalue weighted by atomic mass is 32.1. The smallest absolute Gasteiger partial charge is 0.0810 e. The molecule has 4 aliphatic carbocycles. The van der Waals surface area contributed by atoms with Crippen LogP contribution in [-0.2, 0) is 0 Å². The Hall–Kier alpha value is -0.640. The van der Waals surface area contributed by atoms with Crippen molar-refractivity contribution in [1.29, 1.82) is 0 Å². The Balaban J connectivity index is 1.45. The van der Waals surface area contributed by atoms with Crippen molar-refractivity contribution in [3.8, 4) is 0 Å². The van der Waals surface area contributed by atoms with Crippen molar-refractivity contribution in [3.63, 3.8) is 0 Å². The Labute approximate surface area is 167 Å². The molecule has 0 aliphatic heterocycles. The van der Waals surface area contributed by atoms with Gasteiger partial charge in [-0.2, -0.15) is 0 Å². The highest BCUT2D eigenvalue weighted by Gasteiger charge is 2.61. The maximum atomic E-state index is 11.3. The molecule has 0 radical (unpaired) electrons. The van der Waals surface area contributed by atoms with Gasteiger partial charge in [0.05, 0.1) is 12.2 Å². The molecule has 1 heterocycles. The van der Waals surface area contributed by atoms with E-state index >= 15 is 0 Å². The minimum absolute atomic E-state index is 0.0572. The molecule has 0 bridgehead atoms. The van der Waals surface area contributed by atoms with Gasteiger partial charge in [0, 0.05) is 10.3 Å². The molecule has 3 heteroatoms. The van der Waals surface area contributed by atoms with E-state index in [2.05, 4.69) is 37.4 Å². The lowest BCUT2D eigenvalue weighted by molar-refractivity contribution is -0.133. The van der Waals surface area contributed by atoms with Gasteiger partial charge in [-0.1, -0.05) is 19.9 Å². The Morgan fingerprint density at radius 3 is 2.63 bits per heavy atom. The number of rotatable bonds is 1. The Kier molecular flexibility index (Phi) is 4.38. The minimum Gasteiger partial charge on any atom is -0.393 e. The van der Waals surface area contributed by atoms with Crippen LogP contribution in [0.5, 0.6) is 0 Å². The van der Waals surface area contributed by atoms with Crippen LogP contribution in [0.1, 0.15) is 70.1 Å². The lowest BCUT2D eigenvalue weighted by Gasteiger charge is -2.60. The molecular weight excluding hydrogens is 352 g/mol. The van der Waals surface area contributed by atoms with E-state index in [1.54, 1.807) is 11.3 Å². The molecule has 2 N–H and O–H groups in total. The summed E-state index contributed by atoms with van der Waals surface area (Å²) in [5.41, 5.74) is 1.74. The van der Waals surface area contributed by atoms with Gasteiger partial charge < -0.3 is 10.2 Å². The van der Waals surface area contributed by atoms with Gasteiger partial charge in [0.2, 0.25) is 0 Å². The number of hydrogen-bond donors (Lipinski definition) is 2. The summed E-state index contributed by atoms with van der Waals surface area (Å²) in [6.45, 7) is 4.91. The summed E-state index contributed by atoms with van der Waals surface area (Å²) in [6, 6.07) is 4.26. The first kappa shape index (κ1) is 18.4. The average molecular weight is 387 g/mol. The number of aliphatic hydroxyl groups excluding tert-OH is 2. The van der Waals surface area contributed by atoms with Crippen LogP contribution < -0.4 is 0 Å². The van der Waals surface area contributed by atoms with Crippen molar-refractivity contribution in [3.05, 3.63) is 28.0 Å². The van der Waals surface area contributed by atoms with Gasteiger partial charge in [0.25, 0.3) is 0 Å². The molecule has 148 valence electrons. The van der Waals surface area contributed by atoms with Crippen LogP contribution in [0.15, 0.2) is 23.1 Å². The summed E-state index contributed by atoms with van der Waals surface area (Å²) >= 11 is 1.77. The molecule has 4 aliphatic rings. The lowest BCUT2D eigenvalue weighted by atomic mass is 9.45. The van der Waals surface area contributed by atoms with Crippen molar-refractivity contribution in [1.82, 2.24) is 0 Å².